The highest BCUT2D eigenvalue weighted by molar-refractivity contribution is 14.0. The zero-order valence-corrected chi connectivity index (χ0v) is 15.6. The molecule has 0 aliphatic heterocycles. The van der Waals surface area contributed by atoms with Crippen molar-refractivity contribution in [3.63, 3.8) is 0 Å². The van der Waals surface area contributed by atoms with E-state index in [1.165, 1.54) is 0 Å². The molecule has 0 bridgehead atoms. The lowest BCUT2D eigenvalue weighted by Crippen LogP contribution is -2.44. The molecule has 0 aliphatic carbocycles. The fourth-order valence-electron chi connectivity index (χ4n) is 1.59. The number of aliphatic imine (C=N–C) groups is 1. The summed E-state index contributed by atoms with van der Waals surface area (Å²) in [5.41, 5.74) is 1.98. The molecule has 1 unspecified atom stereocenters. The summed E-state index contributed by atoms with van der Waals surface area (Å²) in [4.78, 5) is 4.59. The average molecular weight is 394 g/mol. The van der Waals surface area contributed by atoms with Crippen molar-refractivity contribution in [3.05, 3.63) is 17.0 Å². The smallest absolute Gasteiger partial charge is 0.191 e. The molecule has 1 rings (SSSR count). The first kappa shape index (κ1) is 19.2. The van der Waals surface area contributed by atoms with Crippen molar-refractivity contribution in [3.8, 4) is 0 Å². The van der Waals surface area contributed by atoms with Gasteiger partial charge in [-0.2, -0.15) is 0 Å². The molecule has 0 fully saturated rings. The number of rotatable bonds is 5. The number of hydrogen-bond acceptors (Lipinski definition) is 3. The van der Waals surface area contributed by atoms with Gasteiger partial charge in [0, 0.05) is 18.2 Å². The van der Waals surface area contributed by atoms with E-state index in [2.05, 4.69) is 48.5 Å². The first-order chi connectivity index (χ1) is 8.95. The highest BCUT2D eigenvalue weighted by atomic mass is 127. The lowest BCUT2D eigenvalue weighted by Gasteiger charge is -2.20. The molecule has 0 aliphatic rings. The van der Waals surface area contributed by atoms with Gasteiger partial charge in [0.2, 0.25) is 0 Å². The summed E-state index contributed by atoms with van der Waals surface area (Å²) in [6.07, 6.45) is 0. The Balaban J connectivity index is 0.00000361. The summed E-state index contributed by atoms with van der Waals surface area (Å²) in [6, 6.07) is 0.377. The zero-order chi connectivity index (χ0) is 14.4. The second-order valence-corrected chi connectivity index (χ2v) is 5.17. The van der Waals surface area contributed by atoms with Gasteiger partial charge in [-0.25, -0.2) is 4.99 Å². The maximum Gasteiger partial charge on any atom is 0.191 e. The summed E-state index contributed by atoms with van der Waals surface area (Å²) in [6.45, 7) is 13.9. The van der Waals surface area contributed by atoms with Gasteiger partial charge in [0.25, 0.3) is 0 Å². The fourth-order valence-corrected chi connectivity index (χ4v) is 1.59. The lowest BCUT2D eigenvalue weighted by molar-refractivity contribution is 0.392. The van der Waals surface area contributed by atoms with Crippen LogP contribution < -0.4 is 10.6 Å². The Labute approximate surface area is 139 Å². The van der Waals surface area contributed by atoms with Crippen molar-refractivity contribution < 1.29 is 4.52 Å². The van der Waals surface area contributed by atoms with Crippen LogP contribution in [-0.2, 0) is 6.54 Å². The molecule has 1 heterocycles. The third-order valence-corrected chi connectivity index (χ3v) is 3.29. The van der Waals surface area contributed by atoms with Gasteiger partial charge in [-0.1, -0.05) is 19.0 Å². The third-order valence-electron chi connectivity index (χ3n) is 3.29. The van der Waals surface area contributed by atoms with E-state index in [-0.39, 0.29) is 24.0 Å². The molecule has 20 heavy (non-hydrogen) atoms. The van der Waals surface area contributed by atoms with Crippen LogP contribution in [0, 0.1) is 19.8 Å². The number of aryl methyl sites for hydroxylation is 2. The molecule has 116 valence electrons. The van der Waals surface area contributed by atoms with Crippen LogP contribution in [0.3, 0.4) is 0 Å². The molecule has 5 nitrogen and oxygen atoms in total. The van der Waals surface area contributed by atoms with Gasteiger partial charge in [0.15, 0.2) is 5.96 Å². The molecule has 2 N–H and O–H groups in total. The van der Waals surface area contributed by atoms with E-state index in [1.54, 1.807) is 0 Å². The molecular formula is C14H27IN4O. The maximum absolute atomic E-state index is 5.15. The van der Waals surface area contributed by atoms with E-state index < -0.39 is 0 Å². The summed E-state index contributed by atoms with van der Waals surface area (Å²) in [5.74, 6) is 2.24. The minimum atomic E-state index is 0. The van der Waals surface area contributed by atoms with Crippen LogP contribution in [0.4, 0.5) is 0 Å². The van der Waals surface area contributed by atoms with E-state index in [9.17, 15) is 0 Å². The highest BCUT2D eigenvalue weighted by Gasteiger charge is 2.11. The molecule has 0 amide bonds. The van der Waals surface area contributed by atoms with Crippen molar-refractivity contribution in [2.24, 2.45) is 10.9 Å². The normalized spacial score (nSPS) is 13.1. The molecule has 0 saturated carbocycles. The first-order valence-corrected chi connectivity index (χ1v) is 6.92. The Hall–Kier alpha value is -0.790. The van der Waals surface area contributed by atoms with E-state index in [1.807, 2.05) is 13.8 Å². The molecule has 0 aromatic carbocycles. The number of nitrogens with zero attached hydrogens (tertiary/aromatic N) is 2. The number of aromatic nitrogens is 1. The molecule has 6 heteroatoms. The van der Waals surface area contributed by atoms with Crippen LogP contribution >= 0.6 is 24.0 Å². The van der Waals surface area contributed by atoms with Crippen LogP contribution in [0.5, 0.6) is 0 Å². The van der Waals surface area contributed by atoms with Crippen molar-refractivity contribution in [2.45, 2.75) is 54.1 Å². The molecule has 1 aromatic heterocycles. The van der Waals surface area contributed by atoms with Gasteiger partial charge in [-0.05, 0) is 33.6 Å². The van der Waals surface area contributed by atoms with E-state index in [0.717, 1.165) is 29.5 Å². The number of guanidine groups is 1. The summed E-state index contributed by atoms with van der Waals surface area (Å²) < 4.78 is 5.15. The highest BCUT2D eigenvalue weighted by Crippen LogP contribution is 2.13. The van der Waals surface area contributed by atoms with Gasteiger partial charge in [-0.15, -0.1) is 24.0 Å². The molecule has 0 saturated heterocycles. The standard InChI is InChI=1S/C14H26N4O.HI/c1-7-15-14(17-10(4)9(2)3)16-8-13-11(5)18-19-12(13)6;/h9-10H,7-8H2,1-6H3,(H2,15,16,17);1H. The van der Waals surface area contributed by atoms with Crippen LogP contribution in [0.1, 0.15) is 44.7 Å². The van der Waals surface area contributed by atoms with E-state index >= 15 is 0 Å². The molecule has 0 spiro atoms. The van der Waals surface area contributed by atoms with Crippen molar-refractivity contribution in [2.75, 3.05) is 6.54 Å². The average Bonchev–Trinajstić information content (AvgIpc) is 2.66. The SMILES string of the molecule is CCNC(=NCc1c(C)noc1C)NC(C)C(C)C.I. The zero-order valence-electron chi connectivity index (χ0n) is 13.3. The Bertz CT molecular complexity index is 409. The Morgan fingerprint density at radius 2 is 1.95 bits per heavy atom. The lowest BCUT2D eigenvalue weighted by atomic mass is 10.1. The number of hydrogen-bond donors (Lipinski definition) is 2. The van der Waals surface area contributed by atoms with Crippen LogP contribution in [-0.4, -0.2) is 23.7 Å². The van der Waals surface area contributed by atoms with Gasteiger partial charge in [0.1, 0.15) is 5.76 Å². The topological polar surface area (TPSA) is 62.5 Å². The third kappa shape index (κ3) is 5.68. The first-order valence-electron chi connectivity index (χ1n) is 6.92. The van der Waals surface area contributed by atoms with Crippen molar-refractivity contribution in [1.82, 2.24) is 15.8 Å². The van der Waals surface area contributed by atoms with E-state index in [0.29, 0.717) is 18.5 Å². The van der Waals surface area contributed by atoms with Gasteiger partial charge >= 0.3 is 0 Å². The second kappa shape index (κ2) is 9.20. The summed E-state index contributed by atoms with van der Waals surface area (Å²) in [5, 5.41) is 10.6. The van der Waals surface area contributed by atoms with E-state index in [4.69, 9.17) is 4.52 Å². The largest absolute Gasteiger partial charge is 0.361 e. The Kier molecular flexibility index (Phi) is 8.84. The molecule has 0 radical (unpaired) electrons. The number of nitrogens with one attached hydrogen (secondary N) is 2. The van der Waals surface area contributed by atoms with Crippen molar-refractivity contribution >= 4 is 29.9 Å². The van der Waals surface area contributed by atoms with Gasteiger partial charge < -0.3 is 15.2 Å². The predicted molar refractivity (Wildman–Crippen MR) is 93.6 cm³/mol. The molecule has 1 atom stereocenters. The van der Waals surface area contributed by atoms with Crippen molar-refractivity contribution in [1.29, 1.82) is 0 Å². The fraction of sp³-hybridized carbons (Fsp3) is 0.714. The minimum absolute atomic E-state index is 0. The maximum atomic E-state index is 5.15. The van der Waals surface area contributed by atoms with Crippen LogP contribution in [0.2, 0.25) is 0 Å². The summed E-state index contributed by atoms with van der Waals surface area (Å²) in [7, 11) is 0. The second-order valence-electron chi connectivity index (χ2n) is 5.17. The van der Waals surface area contributed by atoms with Crippen LogP contribution in [0.15, 0.2) is 9.52 Å². The molecular weight excluding hydrogens is 367 g/mol. The quantitative estimate of drug-likeness (QED) is 0.458. The Morgan fingerprint density at radius 3 is 2.40 bits per heavy atom. The predicted octanol–water partition coefficient (Wildman–Crippen LogP) is 3.01. The van der Waals surface area contributed by atoms with Crippen LogP contribution in [0.25, 0.3) is 0 Å². The minimum Gasteiger partial charge on any atom is -0.361 e. The summed E-state index contributed by atoms with van der Waals surface area (Å²) >= 11 is 0. The Morgan fingerprint density at radius 1 is 1.30 bits per heavy atom. The van der Waals surface area contributed by atoms with Gasteiger partial charge in [0.05, 0.1) is 12.2 Å². The number of halogens is 1. The monoisotopic (exact) mass is 394 g/mol. The molecule has 1 aromatic rings. The van der Waals surface area contributed by atoms with Gasteiger partial charge in [-0.3, -0.25) is 0 Å².